The van der Waals surface area contributed by atoms with Crippen molar-refractivity contribution in [1.82, 2.24) is 0 Å². The fourth-order valence-electron chi connectivity index (χ4n) is 1.23. The topological polar surface area (TPSA) is 61.6 Å². The second kappa shape index (κ2) is 5.03. The van der Waals surface area contributed by atoms with E-state index in [-0.39, 0.29) is 0 Å². The molecule has 0 aliphatic carbocycles. The second-order valence-electron chi connectivity index (χ2n) is 3.39. The molecule has 4 nitrogen and oxygen atoms in total. The second-order valence-corrected chi connectivity index (χ2v) is 3.39. The zero-order chi connectivity index (χ0) is 12.1. The Hall–Kier alpha value is -2.49. The van der Waals surface area contributed by atoms with E-state index in [0.717, 1.165) is 0 Å². The first-order chi connectivity index (χ1) is 8.25. The van der Waals surface area contributed by atoms with Gasteiger partial charge in [-0.2, -0.15) is 0 Å². The molecule has 0 saturated carbocycles. The van der Waals surface area contributed by atoms with Crippen molar-refractivity contribution in [2.45, 2.75) is 0 Å². The highest BCUT2D eigenvalue weighted by molar-refractivity contribution is 5.88. The highest BCUT2D eigenvalue weighted by Gasteiger charge is 2.07. The predicted molar refractivity (Wildman–Crippen MR) is 63.3 cm³/mol. The van der Waals surface area contributed by atoms with Gasteiger partial charge in [0.2, 0.25) is 0 Å². The molecule has 0 amide bonds. The summed E-state index contributed by atoms with van der Waals surface area (Å²) in [6, 6.07) is 15.2. The molecule has 0 unspecified atom stereocenters. The van der Waals surface area contributed by atoms with Crippen LogP contribution in [0.2, 0.25) is 0 Å². The van der Waals surface area contributed by atoms with Gasteiger partial charge in [0.1, 0.15) is 0 Å². The van der Waals surface area contributed by atoms with Gasteiger partial charge in [-0.25, -0.2) is 9.68 Å². The quantitative estimate of drug-likeness (QED) is 0.498. The van der Waals surface area contributed by atoms with Crippen molar-refractivity contribution in [2.24, 2.45) is 0 Å². The van der Waals surface area contributed by atoms with Crippen LogP contribution >= 0.6 is 0 Å². The Morgan fingerprint density at radius 1 is 0.941 bits per heavy atom. The molecule has 2 aromatic carbocycles. The van der Waals surface area contributed by atoms with Crippen molar-refractivity contribution in [3.63, 3.8) is 0 Å². The zero-order valence-electron chi connectivity index (χ0n) is 9.00. The Morgan fingerprint density at radius 2 is 1.59 bits per heavy atom. The normalized spacial score (nSPS) is 9.65. The highest BCUT2D eigenvalue weighted by Crippen LogP contribution is 2.14. The fourth-order valence-corrected chi connectivity index (χ4v) is 1.23. The molecule has 0 aromatic heterocycles. The maximum absolute atomic E-state index is 11.5. The van der Waals surface area contributed by atoms with Crippen LogP contribution in [0.4, 0.5) is 5.69 Å². The summed E-state index contributed by atoms with van der Waals surface area (Å²) in [6.45, 7) is 0. The van der Waals surface area contributed by atoms with E-state index in [1.165, 1.54) is 0 Å². The first-order valence-electron chi connectivity index (χ1n) is 5.05. The van der Waals surface area contributed by atoms with Crippen LogP contribution in [0.3, 0.4) is 0 Å². The van der Waals surface area contributed by atoms with Crippen LogP contribution < -0.4 is 10.6 Å². The summed E-state index contributed by atoms with van der Waals surface area (Å²) in [4.78, 5) is 21.1. The third kappa shape index (κ3) is 2.98. The van der Waals surface area contributed by atoms with E-state index in [9.17, 15) is 4.79 Å². The lowest BCUT2D eigenvalue weighted by molar-refractivity contribution is -0.149. The molecule has 0 heterocycles. The lowest BCUT2D eigenvalue weighted by Gasteiger charge is -2.04. The van der Waals surface area contributed by atoms with E-state index in [4.69, 9.17) is 10.6 Å². The van der Waals surface area contributed by atoms with Crippen LogP contribution in [0.1, 0.15) is 10.4 Å². The molecule has 2 rings (SSSR count). The molecule has 0 spiro atoms. The van der Waals surface area contributed by atoms with Gasteiger partial charge < -0.3 is 5.73 Å². The molecule has 4 heteroatoms. The number of carbonyl (C=O) groups is 1. The standard InChI is InChI=1S/C13H11NO3/c14-11-6-8-12(9-7-11)16-17-13(15)10-4-2-1-3-5-10/h1-9H,14H2. The van der Waals surface area contributed by atoms with Crippen molar-refractivity contribution in [1.29, 1.82) is 0 Å². The largest absolute Gasteiger partial charge is 0.399 e. The lowest BCUT2D eigenvalue weighted by atomic mass is 10.2. The summed E-state index contributed by atoms with van der Waals surface area (Å²) in [5, 5.41) is 0. The van der Waals surface area contributed by atoms with Gasteiger partial charge in [0.05, 0.1) is 5.56 Å². The van der Waals surface area contributed by atoms with Crippen LogP contribution in [0.5, 0.6) is 5.75 Å². The summed E-state index contributed by atoms with van der Waals surface area (Å²) < 4.78 is 0. The van der Waals surface area contributed by atoms with Gasteiger partial charge in [0.15, 0.2) is 5.75 Å². The van der Waals surface area contributed by atoms with Crippen LogP contribution in [-0.4, -0.2) is 5.97 Å². The first-order valence-corrected chi connectivity index (χ1v) is 5.05. The van der Waals surface area contributed by atoms with E-state index in [2.05, 4.69) is 4.89 Å². The number of hydrogen-bond acceptors (Lipinski definition) is 4. The molecular weight excluding hydrogens is 218 g/mol. The third-order valence-corrected chi connectivity index (χ3v) is 2.10. The summed E-state index contributed by atoms with van der Waals surface area (Å²) in [5.41, 5.74) is 6.56. The number of anilines is 1. The van der Waals surface area contributed by atoms with Gasteiger partial charge in [0.25, 0.3) is 0 Å². The van der Waals surface area contributed by atoms with E-state index in [0.29, 0.717) is 17.0 Å². The molecule has 86 valence electrons. The zero-order valence-corrected chi connectivity index (χ0v) is 9.00. The molecule has 0 bridgehead atoms. The van der Waals surface area contributed by atoms with Gasteiger partial charge in [-0.1, -0.05) is 18.2 Å². The third-order valence-electron chi connectivity index (χ3n) is 2.10. The molecular formula is C13H11NO3. The summed E-state index contributed by atoms with van der Waals surface area (Å²) >= 11 is 0. The molecule has 0 saturated heterocycles. The Balaban J connectivity index is 1.95. The van der Waals surface area contributed by atoms with Gasteiger partial charge >= 0.3 is 5.97 Å². The number of nitrogens with two attached hydrogens (primary N) is 1. The van der Waals surface area contributed by atoms with Gasteiger partial charge in [-0.3, -0.25) is 4.89 Å². The minimum absolute atomic E-state index is 0.420. The molecule has 0 aliphatic heterocycles. The van der Waals surface area contributed by atoms with Crippen molar-refractivity contribution in [2.75, 3.05) is 5.73 Å². The minimum atomic E-state index is -0.539. The minimum Gasteiger partial charge on any atom is -0.399 e. The smallest absolute Gasteiger partial charge is 0.386 e. The lowest BCUT2D eigenvalue weighted by Crippen LogP contribution is -2.08. The summed E-state index contributed by atoms with van der Waals surface area (Å²) in [5.74, 6) is -0.120. The number of nitrogen functional groups attached to an aromatic ring is 1. The Bertz CT molecular complexity index is 494. The van der Waals surface area contributed by atoms with Crippen molar-refractivity contribution in [3.05, 3.63) is 60.2 Å². The summed E-state index contributed by atoms with van der Waals surface area (Å²) in [7, 11) is 0. The molecule has 0 atom stereocenters. The molecule has 2 aromatic rings. The van der Waals surface area contributed by atoms with Gasteiger partial charge in [-0.15, -0.1) is 0 Å². The molecule has 0 aliphatic rings. The molecule has 0 radical (unpaired) electrons. The maximum Gasteiger partial charge on any atom is 0.386 e. The monoisotopic (exact) mass is 229 g/mol. The highest BCUT2D eigenvalue weighted by atomic mass is 17.2. The molecule has 2 N–H and O–H groups in total. The average molecular weight is 229 g/mol. The maximum atomic E-state index is 11.5. The Labute approximate surface area is 98.5 Å². The van der Waals surface area contributed by atoms with E-state index < -0.39 is 5.97 Å². The van der Waals surface area contributed by atoms with Gasteiger partial charge in [0, 0.05) is 5.69 Å². The van der Waals surface area contributed by atoms with Crippen LogP contribution in [0, 0.1) is 0 Å². The van der Waals surface area contributed by atoms with E-state index in [1.54, 1.807) is 48.5 Å². The van der Waals surface area contributed by atoms with Crippen LogP contribution in [0.25, 0.3) is 0 Å². The van der Waals surface area contributed by atoms with Crippen LogP contribution in [-0.2, 0) is 4.89 Å². The van der Waals surface area contributed by atoms with Crippen LogP contribution in [0.15, 0.2) is 54.6 Å². The Morgan fingerprint density at radius 3 is 2.24 bits per heavy atom. The first kappa shape index (κ1) is 11.0. The summed E-state index contributed by atoms with van der Waals surface area (Å²) in [6.07, 6.45) is 0. The number of carbonyl (C=O) groups excluding carboxylic acids is 1. The van der Waals surface area contributed by atoms with Crippen molar-refractivity contribution >= 4 is 11.7 Å². The average Bonchev–Trinajstić information content (AvgIpc) is 2.39. The number of hydrogen-bond donors (Lipinski definition) is 1. The molecule has 0 fully saturated rings. The number of rotatable bonds is 3. The molecule has 17 heavy (non-hydrogen) atoms. The van der Waals surface area contributed by atoms with Gasteiger partial charge in [-0.05, 0) is 36.4 Å². The Kier molecular flexibility index (Phi) is 3.25. The van der Waals surface area contributed by atoms with E-state index in [1.807, 2.05) is 6.07 Å². The van der Waals surface area contributed by atoms with E-state index >= 15 is 0 Å². The number of benzene rings is 2. The van der Waals surface area contributed by atoms with Crippen molar-refractivity contribution < 1.29 is 14.6 Å². The SMILES string of the molecule is Nc1ccc(OOC(=O)c2ccccc2)cc1. The fraction of sp³-hybridized carbons (Fsp3) is 0. The predicted octanol–water partition coefficient (Wildman–Crippen LogP) is 2.42. The van der Waals surface area contributed by atoms with Crippen molar-refractivity contribution in [3.8, 4) is 5.75 Å².